The fraction of sp³-hybridized carbons (Fsp3) is 0.571. The Balaban J connectivity index is 1.38. The number of piperidine rings is 2. The van der Waals surface area contributed by atoms with E-state index in [-0.39, 0.29) is 5.75 Å². The minimum absolute atomic E-state index is 0.266. The Morgan fingerprint density at radius 1 is 1.16 bits per heavy atom. The maximum Gasteiger partial charge on any atom is 0.158 e. The maximum atomic E-state index is 11.8. The second-order valence-electron chi connectivity index (χ2n) is 11.6. The normalized spacial score (nSPS) is 22.7. The fourth-order valence-electron chi connectivity index (χ4n) is 6.94. The second-order valence-corrected chi connectivity index (χ2v) is 15.0. The molecule has 3 atom stereocenters. The molecule has 3 fully saturated rings. The van der Waals surface area contributed by atoms with Crippen molar-refractivity contribution in [2.75, 3.05) is 25.1 Å². The number of thiophene rings is 1. The van der Waals surface area contributed by atoms with E-state index in [2.05, 4.69) is 60.8 Å². The zero-order valence-electron chi connectivity index (χ0n) is 22.6. The number of H-pyrrole nitrogens is 1. The lowest BCUT2D eigenvalue weighted by atomic mass is 9.70. The first kappa shape index (κ1) is 25.1. The Morgan fingerprint density at radius 3 is 2.62 bits per heavy atom. The number of fused-ring (bicyclic) bond motifs is 5. The lowest BCUT2D eigenvalue weighted by molar-refractivity contribution is 0.0377. The molecule has 4 aromatic rings. The van der Waals surface area contributed by atoms with E-state index in [1.807, 2.05) is 15.9 Å². The van der Waals surface area contributed by atoms with Gasteiger partial charge in [0.2, 0.25) is 0 Å². The number of rotatable bonds is 6. The summed E-state index contributed by atoms with van der Waals surface area (Å²) in [4.78, 5) is 13.6. The number of pyridine rings is 1. The van der Waals surface area contributed by atoms with Crippen LogP contribution in [-0.4, -0.2) is 64.0 Å². The van der Waals surface area contributed by atoms with Crippen LogP contribution in [0, 0.1) is 26.7 Å². The summed E-state index contributed by atoms with van der Waals surface area (Å²) in [5, 5.41) is 5.83. The molecular weight excluding hydrogens is 502 g/mol. The summed E-state index contributed by atoms with van der Waals surface area (Å²) in [6.45, 7) is 12.9. The van der Waals surface area contributed by atoms with Gasteiger partial charge in [-0.25, -0.2) is 17.9 Å². The van der Waals surface area contributed by atoms with Crippen LogP contribution in [0.4, 0.5) is 0 Å². The van der Waals surface area contributed by atoms with Crippen LogP contribution in [0.3, 0.4) is 0 Å². The molecule has 1 unspecified atom stereocenters. The van der Waals surface area contributed by atoms with Gasteiger partial charge in [-0.1, -0.05) is 13.8 Å². The lowest BCUT2D eigenvalue weighted by Gasteiger charge is -2.49. The van der Waals surface area contributed by atoms with E-state index >= 15 is 0 Å². The molecule has 1 aliphatic carbocycles. The molecule has 0 aromatic carbocycles. The van der Waals surface area contributed by atoms with Gasteiger partial charge in [0.15, 0.2) is 5.65 Å². The third-order valence-corrected chi connectivity index (χ3v) is 11.2. The molecule has 0 radical (unpaired) electrons. The van der Waals surface area contributed by atoms with Crippen LogP contribution in [0.15, 0.2) is 12.5 Å². The van der Waals surface area contributed by atoms with Gasteiger partial charge in [0, 0.05) is 47.4 Å². The van der Waals surface area contributed by atoms with Crippen molar-refractivity contribution in [1.29, 1.82) is 0 Å². The highest BCUT2D eigenvalue weighted by Gasteiger charge is 2.42. The predicted molar refractivity (Wildman–Crippen MR) is 152 cm³/mol. The number of aromatic amines is 1. The molecule has 6 heterocycles. The van der Waals surface area contributed by atoms with Gasteiger partial charge in [0.25, 0.3) is 0 Å². The molecule has 7 nitrogen and oxygen atoms in total. The molecule has 2 saturated heterocycles. The maximum absolute atomic E-state index is 11.8. The minimum atomic E-state index is -2.93. The van der Waals surface area contributed by atoms with Crippen molar-refractivity contribution in [1.82, 2.24) is 24.5 Å². The Hall–Kier alpha value is -2.23. The Labute approximate surface area is 223 Å². The van der Waals surface area contributed by atoms with Crippen LogP contribution in [0.25, 0.3) is 27.1 Å². The van der Waals surface area contributed by atoms with Crippen molar-refractivity contribution in [3.8, 4) is 11.3 Å². The molecule has 3 aliphatic rings. The number of sulfone groups is 1. The number of aromatic nitrogens is 4. The third-order valence-electron chi connectivity index (χ3n) is 8.97. The van der Waals surface area contributed by atoms with Crippen LogP contribution in [0.1, 0.15) is 72.1 Å². The Morgan fingerprint density at radius 2 is 1.95 bits per heavy atom. The summed E-state index contributed by atoms with van der Waals surface area (Å²) in [5.41, 5.74) is 8.56. The van der Waals surface area contributed by atoms with Gasteiger partial charge in [0.05, 0.1) is 11.4 Å². The molecule has 37 heavy (non-hydrogen) atoms. The molecule has 2 bridgehead atoms. The third kappa shape index (κ3) is 4.14. The summed E-state index contributed by atoms with van der Waals surface area (Å²) in [5.74, 6) is 1.82. The van der Waals surface area contributed by atoms with Gasteiger partial charge in [-0.05, 0) is 80.0 Å². The summed E-state index contributed by atoms with van der Waals surface area (Å²) < 4.78 is 25.4. The largest absolute Gasteiger partial charge is 0.346 e. The van der Waals surface area contributed by atoms with E-state index in [9.17, 15) is 8.42 Å². The van der Waals surface area contributed by atoms with Crippen LogP contribution in [-0.2, 0) is 9.84 Å². The van der Waals surface area contributed by atoms with E-state index < -0.39 is 9.84 Å². The highest BCUT2D eigenvalue weighted by Crippen LogP contribution is 2.51. The average Bonchev–Trinajstić information content (AvgIpc) is 3.54. The van der Waals surface area contributed by atoms with E-state index in [1.54, 1.807) is 6.33 Å². The zero-order valence-corrected chi connectivity index (χ0v) is 24.3. The SMILES string of the molecule is Cc1c(-c2[nH]c3sc([C@H]4C[C@@H]5CCC4CN5CCS(C)(=O)=O)c(C)c3c2C(C)C)cn2ncnc2c1C. The van der Waals surface area contributed by atoms with Gasteiger partial charge in [0.1, 0.15) is 21.0 Å². The molecule has 9 heteroatoms. The number of hydrogen-bond acceptors (Lipinski definition) is 6. The molecule has 0 spiro atoms. The number of nitrogens with one attached hydrogen (secondary N) is 1. The quantitative estimate of drug-likeness (QED) is 0.345. The number of nitrogens with zero attached hydrogens (tertiary/aromatic N) is 4. The Kier molecular flexibility index (Phi) is 6.04. The van der Waals surface area contributed by atoms with Crippen molar-refractivity contribution in [3.63, 3.8) is 0 Å². The Bertz CT molecular complexity index is 1610. The van der Waals surface area contributed by atoms with Crippen molar-refractivity contribution >= 4 is 37.0 Å². The van der Waals surface area contributed by atoms with Crippen LogP contribution >= 0.6 is 11.3 Å². The van der Waals surface area contributed by atoms with Gasteiger partial charge in [-0.3, -0.25) is 4.90 Å². The van der Waals surface area contributed by atoms with Crippen LogP contribution in [0.2, 0.25) is 0 Å². The predicted octanol–water partition coefficient (Wildman–Crippen LogP) is 5.60. The molecular formula is C28H37N5O2S2. The minimum Gasteiger partial charge on any atom is -0.346 e. The van der Waals surface area contributed by atoms with Crippen molar-refractivity contribution in [2.45, 2.75) is 71.8 Å². The molecule has 2 aliphatic heterocycles. The summed E-state index contributed by atoms with van der Waals surface area (Å²) in [7, 11) is -2.93. The molecule has 4 aromatic heterocycles. The monoisotopic (exact) mass is 539 g/mol. The molecule has 0 amide bonds. The van der Waals surface area contributed by atoms with Crippen molar-refractivity contribution < 1.29 is 8.42 Å². The first-order valence-corrected chi connectivity index (χ1v) is 16.3. The molecule has 7 rings (SSSR count). The second kappa shape index (κ2) is 8.92. The van der Waals surface area contributed by atoms with Gasteiger partial charge >= 0.3 is 0 Å². The first-order chi connectivity index (χ1) is 17.5. The summed E-state index contributed by atoms with van der Waals surface area (Å²) in [6, 6.07) is 0.497. The topological polar surface area (TPSA) is 83.4 Å². The van der Waals surface area contributed by atoms with Gasteiger partial charge in [-0.15, -0.1) is 11.3 Å². The van der Waals surface area contributed by atoms with E-state index in [0.29, 0.717) is 30.3 Å². The number of hydrogen-bond donors (Lipinski definition) is 1. The smallest absolute Gasteiger partial charge is 0.158 e. The fourth-order valence-corrected chi connectivity index (χ4v) is 8.94. The van der Waals surface area contributed by atoms with Gasteiger partial charge < -0.3 is 4.98 Å². The molecule has 1 saturated carbocycles. The summed E-state index contributed by atoms with van der Waals surface area (Å²) in [6.07, 6.45) is 8.67. The van der Waals surface area contributed by atoms with Gasteiger partial charge in [-0.2, -0.15) is 5.10 Å². The average molecular weight is 540 g/mol. The zero-order chi connectivity index (χ0) is 26.2. The van der Waals surface area contributed by atoms with Crippen LogP contribution < -0.4 is 0 Å². The molecule has 198 valence electrons. The lowest BCUT2D eigenvalue weighted by Crippen LogP contribution is -2.52. The van der Waals surface area contributed by atoms with Crippen molar-refractivity contribution in [3.05, 3.63) is 39.7 Å². The molecule has 1 N–H and O–H groups in total. The highest BCUT2D eigenvalue weighted by atomic mass is 32.2. The van der Waals surface area contributed by atoms with Crippen molar-refractivity contribution in [2.24, 2.45) is 5.92 Å². The van der Waals surface area contributed by atoms with E-state index in [0.717, 1.165) is 18.6 Å². The van der Waals surface area contributed by atoms with E-state index in [1.165, 1.54) is 67.7 Å². The van der Waals surface area contributed by atoms with Crippen LogP contribution in [0.5, 0.6) is 0 Å². The summed E-state index contributed by atoms with van der Waals surface area (Å²) >= 11 is 1.95. The van der Waals surface area contributed by atoms with E-state index in [4.69, 9.17) is 0 Å². The number of aryl methyl sites for hydroxylation is 2. The standard InChI is InChI=1S/C28H37N5O2S2/c1-15(2)23-24-18(5)26(21-11-20-8-7-19(21)12-32(20)9-10-37(6,34)35)36-28(24)31-25(23)22-13-33-27(29-14-30-33)17(4)16(22)3/h13-15,19-21,31H,7-12H2,1-6H3/t19?,20-,21-/m0/s1. The first-order valence-electron chi connectivity index (χ1n) is 13.4. The highest BCUT2D eigenvalue weighted by molar-refractivity contribution is 7.90.